The van der Waals surface area contributed by atoms with E-state index in [9.17, 15) is 9.18 Å². The molecule has 0 fully saturated rings. The van der Waals surface area contributed by atoms with Gasteiger partial charge in [-0.1, -0.05) is 42.3 Å². The summed E-state index contributed by atoms with van der Waals surface area (Å²) in [6.45, 7) is 4.33. The van der Waals surface area contributed by atoms with E-state index < -0.39 is 11.4 Å². The Morgan fingerprint density at radius 1 is 1.15 bits per heavy atom. The van der Waals surface area contributed by atoms with Crippen LogP contribution in [-0.4, -0.2) is 0 Å². The van der Waals surface area contributed by atoms with Crippen molar-refractivity contribution < 1.29 is 8.81 Å². The molecule has 0 unspecified atom stereocenters. The van der Waals surface area contributed by atoms with Crippen LogP contribution in [0.15, 0.2) is 45.6 Å². The Balaban J connectivity index is 1.88. The number of hydrogen-bond donors (Lipinski definition) is 1. The molecule has 1 N–H and O–H groups in total. The molecule has 0 saturated heterocycles. The second-order valence-electron chi connectivity index (χ2n) is 6.17. The fourth-order valence-corrected chi connectivity index (χ4v) is 3.43. The molecule has 0 aliphatic heterocycles. The predicted molar refractivity (Wildman–Crippen MR) is 104 cm³/mol. The van der Waals surface area contributed by atoms with Crippen molar-refractivity contribution in [1.82, 2.24) is 5.32 Å². The summed E-state index contributed by atoms with van der Waals surface area (Å²) >= 11 is 11.9. The van der Waals surface area contributed by atoms with Crippen LogP contribution in [0.3, 0.4) is 0 Å². The van der Waals surface area contributed by atoms with Gasteiger partial charge in [-0.05, 0) is 48.2 Å². The highest BCUT2D eigenvalue weighted by atomic mass is 35.5. The third kappa shape index (κ3) is 3.93. The first-order valence-corrected chi connectivity index (χ1v) is 9.08. The van der Waals surface area contributed by atoms with Gasteiger partial charge in [0.1, 0.15) is 11.4 Å². The highest BCUT2D eigenvalue weighted by Crippen LogP contribution is 2.29. The van der Waals surface area contributed by atoms with Crippen molar-refractivity contribution in [1.29, 1.82) is 0 Å². The van der Waals surface area contributed by atoms with Crippen molar-refractivity contribution in [2.24, 2.45) is 0 Å². The van der Waals surface area contributed by atoms with Gasteiger partial charge in [0.15, 0.2) is 0 Å². The van der Waals surface area contributed by atoms with Crippen molar-refractivity contribution in [2.75, 3.05) is 0 Å². The molecule has 3 rings (SSSR count). The van der Waals surface area contributed by atoms with Crippen molar-refractivity contribution in [3.8, 4) is 0 Å². The maximum atomic E-state index is 13.7. The molecular formula is C20H18Cl2FNO2. The zero-order valence-corrected chi connectivity index (χ0v) is 15.9. The van der Waals surface area contributed by atoms with Gasteiger partial charge in [-0.2, -0.15) is 0 Å². The van der Waals surface area contributed by atoms with E-state index in [1.165, 1.54) is 18.2 Å². The fourth-order valence-electron chi connectivity index (χ4n) is 2.88. The highest BCUT2D eigenvalue weighted by Gasteiger charge is 2.14. The van der Waals surface area contributed by atoms with Crippen molar-refractivity contribution in [3.63, 3.8) is 0 Å². The quantitative estimate of drug-likeness (QED) is 0.449. The summed E-state index contributed by atoms with van der Waals surface area (Å²) in [5, 5.41) is 4.53. The highest BCUT2D eigenvalue weighted by molar-refractivity contribution is 6.35. The van der Waals surface area contributed by atoms with Crippen molar-refractivity contribution >= 4 is 34.2 Å². The van der Waals surface area contributed by atoms with Crippen LogP contribution in [0.4, 0.5) is 4.39 Å². The second kappa shape index (κ2) is 7.78. The van der Waals surface area contributed by atoms with Crippen LogP contribution in [0.25, 0.3) is 11.0 Å². The van der Waals surface area contributed by atoms with Gasteiger partial charge < -0.3 is 9.73 Å². The molecule has 6 heteroatoms. The van der Waals surface area contributed by atoms with E-state index in [-0.39, 0.29) is 11.1 Å². The molecule has 26 heavy (non-hydrogen) atoms. The van der Waals surface area contributed by atoms with E-state index in [0.717, 1.165) is 22.9 Å². The van der Waals surface area contributed by atoms with E-state index in [1.54, 1.807) is 0 Å². The summed E-state index contributed by atoms with van der Waals surface area (Å²) in [7, 11) is 0. The smallest absolute Gasteiger partial charge is 0.336 e. The van der Waals surface area contributed by atoms with Crippen molar-refractivity contribution in [3.05, 3.63) is 79.4 Å². The molecule has 3 nitrogen and oxygen atoms in total. The van der Waals surface area contributed by atoms with Gasteiger partial charge in [-0.3, -0.25) is 0 Å². The largest absolute Gasteiger partial charge is 0.423 e. The molecular weight excluding hydrogens is 376 g/mol. The Labute approximate surface area is 160 Å². The molecule has 0 saturated carbocycles. The van der Waals surface area contributed by atoms with Gasteiger partial charge >= 0.3 is 5.63 Å². The standard InChI is InChI=1S/C20H18Cl2FNO2/c1-3-12-4-5-14-13(7-20(25)26-19(14)6-12)10-24-11(2)15-8-18(23)17(22)9-16(15)21/h4-9,11,24H,3,10H2,1-2H3/t11-/m1/s1. The average Bonchev–Trinajstić information content (AvgIpc) is 2.61. The van der Waals surface area contributed by atoms with Gasteiger partial charge in [0.05, 0.1) is 5.02 Å². The van der Waals surface area contributed by atoms with Crippen LogP contribution >= 0.6 is 23.2 Å². The monoisotopic (exact) mass is 393 g/mol. The number of rotatable bonds is 5. The molecule has 136 valence electrons. The summed E-state index contributed by atoms with van der Waals surface area (Å²) < 4.78 is 19.1. The number of halogens is 3. The minimum atomic E-state index is -0.516. The van der Waals surface area contributed by atoms with Crippen LogP contribution in [0, 0.1) is 5.82 Å². The van der Waals surface area contributed by atoms with Crippen molar-refractivity contribution in [2.45, 2.75) is 32.9 Å². The predicted octanol–water partition coefficient (Wildman–Crippen LogP) is 5.65. The van der Waals surface area contributed by atoms with Crippen LogP contribution in [0.5, 0.6) is 0 Å². The third-order valence-electron chi connectivity index (χ3n) is 4.41. The van der Waals surface area contributed by atoms with E-state index >= 15 is 0 Å². The first-order chi connectivity index (χ1) is 12.4. The summed E-state index contributed by atoms with van der Waals surface area (Å²) in [5.41, 5.74) is 2.69. The Hall–Kier alpha value is -1.88. The Morgan fingerprint density at radius 3 is 2.65 bits per heavy atom. The van der Waals surface area contributed by atoms with E-state index in [0.29, 0.717) is 22.7 Å². The minimum absolute atomic E-state index is 0.00987. The normalized spacial score (nSPS) is 12.5. The summed E-state index contributed by atoms with van der Waals surface area (Å²) in [5.74, 6) is -0.516. The van der Waals surface area contributed by atoms with Gasteiger partial charge in [0.2, 0.25) is 0 Å². The van der Waals surface area contributed by atoms with E-state index in [2.05, 4.69) is 5.32 Å². The van der Waals surface area contributed by atoms with E-state index in [4.69, 9.17) is 27.6 Å². The molecule has 1 aromatic heterocycles. The number of nitrogens with one attached hydrogen (secondary N) is 1. The number of fused-ring (bicyclic) bond motifs is 1. The topological polar surface area (TPSA) is 42.2 Å². The summed E-state index contributed by atoms with van der Waals surface area (Å²) in [6.07, 6.45) is 0.861. The molecule has 0 bridgehead atoms. The van der Waals surface area contributed by atoms with Gasteiger partial charge in [0, 0.05) is 29.1 Å². The van der Waals surface area contributed by atoms with Gasteiger partial charge in [-0.25, -0.2) is 9.18 Å². The minimum Gasteiger partial charge on any atom is -0.423 e. The lowest BCUT2D eigenvalue weighted by Crippen LogP contribution is -2.19. The van der Waals surface area contributed by atoms with Crippen LogP contribution < -0.4 is 10.9 Å². The third-order valence-corrected chi connectivity index (χ3v) is 5.02. The molecule has 0 spiro atoms. The zero-order valence-electron chi connectivity index (χ0n) is 14.4. The average molecular weight is 394 g/mol. The first-order valence-electron chi connectivity index (χ1n) is 8.32. The molecule has 0 aliphatic rings. The summed E-state index contributed by atoms with van der Waals surface area (Å²) in [6, 6.07) is 9.81. The van der Waals surface area contributed by atoms with Gasteiger partial charge in [-0.15, -0.1) is 0 Å². The Morgan fingerprint density at radius 2 is 1.92 bits per heavy atom. The second-order valence-corrected chi connectivity index (χ2v) is 6.98. The number of benzene rings is 2. The number of aryl methyl sites for hydroxylation is 1. The van der Waals surface area contributed by atoms with Crippen LogP contribution in [-0.2, 0) is 13.0 Å². The molecule has 1 atom stereocenters. The molecule has 2 aromatic carbocycles. The lowest BCUT2D eigenvalue weighted by atomic mass is 10.0. The first kappa shape index (κ1) is 18.9. The molecule has 0 aliphatic carbocycles. The lowest BCUT2D eigenvalue weighted by Gasteiger charge is -2.17. The Bertz CT molecular complexity index is 1020. The Kier molecular flexibility index (Phi) is 5.66. The van der Waals surface area contributed by atoms with Gasteiger partial charge in [0.25, 0.3) is 0 Å². The molecule has 1 heterocycles. The van der Waals surface area contributed by atoms with Crippen LogP contribution in [0.1, 0.15) is 36.6 Å². The summed E-state index contributed by atoms with van der Waals surface area (Å²) in [4.78, 5) is 11.9. The molecule has 3 aromatic rings. The zero-order chi connectivity index (χ0) is 18.8. The molecule has 0 amide bonds. The molecule has 0 radical (unpaired) electrons. The number of hydrogen-bond acceptors (Lipinski definition) is 3. The van der Waals surface area contributed by atoms with E-state index in [1.807, 2.05) is 32.0 Å². The maximum absolute atomic E-state index is 13.7. The lowest BCUT2D eigenvalue weighted by molar-refractivity contribution is 0.545. The SMILES string of the molecule is CCc1ccc2c(CN[C@H](C)c3cc(F)c(Cl)cc3Cl)cc(=O)oc2c1. The fraction of sp³-hybridized carbons (Fsp3) is 0.250. The van der Waals surface area contributed by atoms with Crippen LogP contribution in [0.2, 0.25) is 10.0 Å². The maximum Gasteiger partial charge on any atom is 0.336 e.